The number of aromatic amines is 1. The molecule has 1 aromatic heterocycles. The van der Waals surface area contributed by atoms with Gasteiger partial charge in [0, 0.05) is 6.42 Å². The Bertz CT molecular complexity index is 1250. The fourth-order valence-corrected chi connectivity index (χ4v) is 4.47. The van der Waals surface area contributed by atoms with Gasteiger partial charge in [-0.2, -0.15) is 5.21 Å². The van der Waals surface area contributed by atoms with Gasteiger partial charge in [-0.1, -0.05) is 65.6 Å². The first-order valence-electron chi connectivity index (χ1n) is 10.4. The summed E-state index contributed by atoms with van der Waals surface area (Å²) in [5.74, 6) is 6.43. The van der Waals surface area contributed by atoms with Crippen LogP contribution in [-0.2, 0) is 4.57 Å². The molecule has 1 atom stereocenters. The highest BCUT2D eigenvalue weighted by atomic mass is 31.2. The summed E-state index contributed by atoms with van der Waals surface area (Å²) in [4.78, 5) is 0. The van der Waals surface area contributed by atoms with Crippen molar-refractivity contribution in [1.82, 2.24) is 25.9 Å². The number of benzene rings is 3. The van der Waals surface area contributed by atoms with Crippen LogP contribution in [-0.4, -0.2) is 26.9 Å². The number of nitrogens with zero attached hydrogens (tertiary/aromatic N) is 3. The normalized spacial score (nSPS) is 11.8. The Morgan fingerprint density at radius 3 is 2.15 bits per heavy atom. The van der Waals surface area contributed by atoms with Crippen molar-refractivity contribution < 1.29 is 18.0 Å². The van der Waals surface area contributed by atoms with Crippen LogP contribution < -0.4 is 14.4 Å². The van der Waals surface area contributed by atoms with E-state index in [1.54, 1.807) is 66.7 Å². The van der Waals surface area contributed by atoms with E-state index >= 15 is 0 Å². The van der Waals surface area contributed by atoms with Crippen molar-refractivity contribution in [3.8, 4) is 23.3 Å². The van der Waals surface area contributed by atoms with Crippen molar-refractivity contribution in [2.75, 3.05) is 6.29 Å². The molecular formula is C24H21FN5O3P. The van der Waals surface area contributed by atoms with E-state index in [-0.39, 0.29) is 18.3 Å². The zero-order valence-corrected chi connectivity index (χ0v) is 18.9. The van der Waals surface area contributed by atoms with E-state index in [0.29, 0.717) is 17.3 Å². The van der Waals surface area contributed by atoms with Crippen LogP contribution in [0, 0.1) is 17.7 Å². The summed E-state index contributed by atoms with van der Waals surface area (Å²) in [6.07, 6.45) is 0.0297. The molecule has 4 aromatic rings. The van der Waals surface area contributed by atoms with Gasteiger partial charge in [-0.15, -0.1) is 10.2 Å². The van der Waals surface area contributed by atoms with E-state index in [9.17, 15) is 8.96 Å². The maximum atomic E-state index is 13.9. The molecule has 0 aliphatic heterocycles. The van der Waals surface area contributed by atoms with Gasteiger partial charge in [-0.25, -0.2) is 8.96 Å². The van der Waals surface area contributed by atoms with Crippen molar-refractivity contribution in [1.29, 1.82) is 0 Å². The molecule has 0 aliphatic carbocycles. The van der Waals surface area contributed by atoms with Crippen molar-refractivity contribution >= 4 is 7.60 Å². The molecule has 1 heterocycles. The second-order valence-corrected chi connectivity index (χ2v) is 8.99. The summed E-state index contributed by atoms with van der Waals surface area (Å²) < 4.78 is 39.2. The predicted molar refractivity (Wildman–Crippen MR) is 125 cm³/mol. The quantitative estimate of drug-likeness (QED) is 0.266. The van der Waals surface area contributed by atoms with E-state index < -0.39 is 19.5 Å². The van der Waals surface area contributed by atoms with E-state index in [2.05, 4.69) is 37.8 Å². The van der Waals surface area contributed by atoms with Crippen LogP contribution in [0.5, 0.6) is 11.5 Å². The Balaban J connectivity index is 1.52. The third kappa shape index (κ3) is 6.51. The fraction of sp³-hybridized carbons (Fsp3) is 0.125. The van der Waals surface area contributed by atoms with Crippen molar-refractivity contribution in [2.45, 2.75) is 12.5 Å². The number of halogens is 1. The molecule has 0 aliphatic rings. The molecule has 2 N–H and O–H groups in total. The van der Waals surface area contributed by atoms with Gasteiger partial charge >= 0.3 is 7.60 Å². The zero-order chi connectivity index (χ0) is 23.6. The molecule has 34 heavy (non-hydrogen) atoms. The highest BCUT2D eigenvalue weighted by molar-refractivity contribution is 7.54. The molecule has 0 spiro atoms. The first-order valence-corrected chi connectivity index (χ1v) is 12.1. The summed E-state index contributed by atoms with van der Waals surface area (Å²) >= 11 is 0. The lowest BCUT2D eigenvalue weighted by Gasteiger charge is -2.22. The fourth-order valence-electron chi connectivity index (χ4n) is 2.97. The molecule has 0 saturated heterocycles. The highest BCUT2D eigenvalue weighted by Crippen LogP contribution is 2.47. The Morgan fingerprint density at radius 2 is 1.56 bits per heavy atom. The monoisotopic (exact) mass is 477 g/mol. The van der Waals surface area contributed by atoms with Crippen LogP contribution in [0.3, 0.4) is 0 Å². The van der Waals surface area contributed by atoms with Crippen LogP contribution in [0.1, 0.15) is 23.9 Å². The first-order chi connectivity index (χ1) is 16.6. The van der Waals surface area contributed by atoms with E-state index in [4.69, 9.17) is 9.05 Å². The van der Waals surface area contributed by atoms with Crippen LogP contribution in [0.15, 0.2) is 84.9 Å². The number of para-hydroxylation sites is 2. The van der Waals surface area contributed by atoms with Gasteiger partial charge in [-0.05, 0) is 36.4 Å². The predicted octanol–water partition coefficient (Wildman–Crippen LogP) is 4.72. The minimum absolute atomic E-state index is 0.169. The average Bonchev–Trinajstić information content (AvgIpc) is 3.38. The maximum Gasteiger partial charge on any atom is 0.444 e. The third-order valence-electron chi connectivity index (χ3n) is 4.58. The summed E-state index contributed by atoms with van der Waals surface area (Å²) in [6.45, 7) is 0. The molecule has 0 fully saturated rings. The molecule has 0 saturated carbocycles. The second-order valence-electron chi connectivity index (χ2n) is 7.09. The van der Waals surface area contributed by atoms with E-state index in [1.807, 2.05) is 12.1 Å². The van der Waals surface area contributed by atoms with E-state index in [0.717, 1.165) is 0 Å². The lowest BCUT2D eigenvalue weighted by atomic mass is 10.1. The van der Waals surface area contributed by atoms with Crippen LogP contribution in [0.25, 0.3) is 0 Å². The molecule has 10 heteroatoms. The van der Waals surface area contributed by atoms with Gasteiger partial charge in [0.05, 0.1) is 11.6 Å². The molecule has 3 aromatic carbocycles. The van der Waals surface area contributed by atoms with Gasteiger partial charge < -0.3 is 9.05 Å². The molecule has 0 amide bonds. The molecule has 0 bridgehead atoms. The summed E-state index contributed by atoms with van der Waals surface area (Å²) in [6, 6.07) is 23.2. The third-order valence-corrected chi connectivity index (χ3v) is 6.13. The van der Waals surface area contributed by atoms with Gasteiger partial charge in [-0.3, -0.25) is 5.32 Å². The first kappa shape index (κ1) is 23.2. The largest absolute Gasteiger partial charge is 0.444 e. The number of hydrogen-bond acceptors (Lipinski definition) is 7. The molecule has 0 unspecified atom stereocenters. The second kappa shape index (κ2) is 11.2. The number of aromatic nitrogens is 4. The lowest BCUT2D eigenvalue weighted by Crippen LogP contribution is -2.26. The summed E-state index contributed by atoms with van der Waals surface area (Å²) in [7, 11) is -3.72. The SMILES string of the molecule is O=P(CN[C@@H](CC#Cc1ccccc1F)c1nn[nH]n1)(Oc1ccccc1)Oc1ccccc1. The Labute approximate surface area is 196 Å². The Kier molecular flexibility index (Phi) is 7.66. The molecule has 8 nitrogen and oxygen atoms in total. The number of tetrazole rings is 1. The molecule has 4 rings (SSSR count). The minimum Gasteiger partial charge on any atom is -0.415 e. The van der Waals surface area contributed by atoms with Crippen molar-refractivity contribution in [3.63, 3.8) is 0 Å². The van der Waals surface area contributed by atoms with Crippen molar-refractivity contribution in [2.24, 2.45) is 0 Å². The average molecular weight is 477 g/mol. The Morgan fingerprint density at radius 1 is 0.941 bits per heavy atom. The maximum absolute atomic E-state index is 13.9. The van der Waals surface area contributed by atoms with Gasteiger partial charge in [0.15, 0.2) is 5.82 Å². The summed E-state index contributed by atoms with van der Waals surface area (Å²) in [5, 5.41) is 17.1. The zero-order valence-electron chi connectivity index (χ0n) is 18.0. The van der Waals surface area contributed by atoms with Crippen LogP contribution in [0.4, 0.5) is 4.39 Å². The number of H-pyrrole nitrogens is 1. The van der Waals surface area contributed by atoms with Crippen LogP contribution >= 0.6 is 7.60 Å². The minimum atomic E-state index is -3.72. The van der Waals surface area contributed by atoms with Crippen LogP contribution in [0.2, 0.25) is 0 Å². The van der Waals surface area contributed by atoms with Gasteiger partial charge in [0.1, 0.15) is 23.6 Å². The molecule has 172 valence electrons. The smallest absolute Gasteiger partial charge is 0.415 e. The van der Waals surface area contributed by atoms with Gasteiger partial charge in [0.25, 0.3) is 0 Å². The Hall–Kier alpha value is -3.99. The topological polar surface area (TPSA) is 102 Å². The number of rotatable bonds is 9. The molecule has 0 radical (unpaired) electrons. The number of nitrogens with one attached hydrogen (secondary N) is 2. The standard InChI is InChI=1S/C24H21FN5O3P/c25-22-16-8-7-10-19(22)11-9-17-23(24-27-29-30-28-24)26-18-34(31,32-20-12-3-1-4-13-20)33-21-14-5-2-6-15-21/h1-8,10,12-16,23,26H,17-18H2,(H,27,28,29,30)/t23-/m0/s1. The van der Waals surface area contributed by atoms with Crippen molar-refractivity contribution in [3.05, 3.63) is 102 Å². The van der Waals surface area contributed by atoms with Gasteiger partial charge in [0.2, 0.25) is 0 Å². The highest BCUT2D eigenvalue weighted by Gasteiger charge is 2.30. The van der Waals surface area contributed by atoms with E-state index in [1.165, 1.54) is 6.07 Å². The lowest BCUT2D eigenvalue weighted by molar-refractivity contribution is 0.375. The summed E-state index contributed by atoms with van der Waals surface area (Å²) in [5.41, 5.74) is 0.278. The molecular weight excluding hydrogens is 456 g/mol. The number of hydrogen-bond donors (Lipinski definition) is 2.